The van der Waals surface area contributed by atoms with Crippen molar-refractivity contribution in [2.24, 2.45) is 7.05 Å². The van der Waals surface area contributed by atoms with Crippen LogP contribution in [0.5, 0.6) is 0 Å². The number of carbonyl (C=O) groups is 2. The standard InChI is InChI=1S/C15H16ClN5O4/c1-8-14(9(2)20(3)19-8)18-13(22)7-17-15(23)11-5-4-10(16)6-12(11)21(24)25/h4-6H,7H2,1-3H3,(H,17,23)(H,18,22). The van der Waals surface area contributed by atoms with Gasteiger partial charge in [-0.1, -0.05) is 11.6 Å². The number of rotatable bonds is 5. The summed E-state index contributed by atoms with van der Waals surface area (Å²) in [6, 6.07) is 3.69. The largest absolute Gasteiger partial charge is 0.343 e. The van der Waals surface area contributed by atoms with Gasteiger partial charge in [0.2, 0.25) is 5.91 Å². The third-order valence-electron chi connectivity index (χ3n) is 3.58. The van der Waals surface area contributed by atoms with Crippen molar-refractivity contribution in [3.8, 4) is 0 Å². The van der Waals surface area contributed by atoms with Gasteiger partial charge in [0.1, 0.15) is 5.56 Å². The summed E-state index contributed by atoms with van der Waals surface area (Å²) >= 11 is 5.71. The van der Waals surface area contributed by atoms with Crippen LogP contribution in [0.25, 0.3) is 0 Å². The van der Waals surface area contributed by atoms with Crippen LogP contribution in [0.2, 0.25) is 5.02 Å². The highest BCUT2D eigenvalue weighted by atomic mass is 35.5. The fourth-order valence-electron chi connectivity index (χ4n) is 2.24. The lowest BCUT2D eigenvalue weighted by molar-refractivity contribution is -0.385. The number of aryl methyl sites for hydroxylation is 2. The van der Waals surface area contributed by atoms with Crippen molar-refractivity contribution >= 4 is 34.8 Å². The second kappa shape index (κ2) is 7.31. The monoisotopic (exact) mass is 365 g/mol. The van der Waals surface area contributed by atoms with E-state index in [1.165, 1.54) is 12.1 Å². The molecule has 0 unspecified atom stereocenters. The van der Waals surface area contributed by atoms with Gasteiger partial charge in [0.25, 0.3) is 11.6 Å². The van der Waals surface area contributed by atoms with Crippen LogP contribution in [0.3, 0.4) is 0 Å². The topological polar surface area (TPSA) is 119 Å². The van der Waals surface area contributed by atoms with Crippen LogP contribution < -0.4 is 10.6 Å². The van der Waals surface area contributed by atoms with Crippen LogP contribution in [0.1, 0.15) is 21.7 Å². The SMILES string of the molecule is Cc1nn(C)c(C)c1NC(=O)CNC(=O)c1ccc(Cl)cc1[N+](=O)[O-]. The molecule has 0 saturated carbocycles. The molecule has 2 amide bonds. The van der Waals surface area contributed by atoms with E-state index in [-0.39, 0.29) is 17.1 Å². The Hall–Kier alpha value is -2.94. The predicted octanol–water partition coefficient (Wildman–Crippen LogP) is 1.97. The third-order valence-corrected chi connectivity index (χ3v) is 3.82. The zero-order valence-electron chi connectivity index (χ0n) is 13.8. The number of nitrogens with zero attached hydrogens (tertiary/aromatic N) is 3. The molecule has 9 nitrogen and oxygen atoms in total. The molecule has 2 aromatic rings. The van der Waals surface area contributed by atoms with E-state index in [4.69, 9.17) is 11.6 Å². The van der Waals surface area contributed by atoms with Gasteiger partial charge < -0.3 is 10.6 Å². The number of nitro groups is 1. The van der Waals surface area contributed by atoms with E-state index in [2.05, 4.69) is 15.7 Å². The van der Waals surface area contributed by atoms with Gasteiger partial charge >= 0.3 is 0 Å². The van der Waals surface area contributed by atoms with Gasteiger partial charge in [0.15, 0.2) is 0 Å². The van der Waals surface area contributed by atoms with Gasteiger partial charge in [0, 0.05) is 18.1 Å². The number of amides is 2. The highest BCUT2D eigenvalue weighted by Gasteiger charge is 2.21. The Morgan fingerprint density at radius 1 is 1.36 bits per heavy atom. The van der Waals surface area contributed by atoms with E-state index < -0.39 is 22.4 Å². The van der Waals surface area contributed by atoms with Crippen molar-refractivity contribution in [2.75, 3.05) is 11.9 Å². The molecule has 0 bridgehead atoms. The van der Waals surface area contributed by atoms with Crippen LogP contribution in [0.4, 0.5) is 11.4 Å². The predicted molar refractivity (Wildman–Crippen MR) is 91.8 cm³/mol. The fourth-order valence-corrected chi connectivity index (χ4v) is 2.41. The number of carbonyl (C=O) groups excluding carboxylic acids is 2. The molecule has 132 valence electrons. The number of hydrogen-bond donors (Lipinski definition) is 2. The molecule has 2 N–H and O–H groups in total. The lowest BCUT2D eigenvalue weighted by atomic mass is 10.1. The van der Waals surface area contributed by atoms with E-state index in [9.17, 15) is 19.7 Å². The van der Waals surface area contributed by atoms with Gasteiger partial charge in [-0.05, 0) is 26.0 Å². The van der Waals surface area contributed by atoms with Gasteiger partial charge in [-0.3, -0.25) is 24.4 Å². The number of nitro benzene ring substituents is 1. The molecular formula is C15H16ClN5O4. The van der Waals surface area contributed by atoms with Gasteiger partial charge in [0.05, 0.1) is 28.5 Å². The molecule has 25 heavy (non-hydrogen) atoms. The Bertz CT molecular complexity index is 862. The van der Waals surface area contributed by atoms with Crippen molar-refractivity contribution in [1.29, 1.82) is 0 Å². The lowest BCUT2D eigenvalue weighted by Gasteiger charge is -2.08. The quantitative estimate of drug-likeness (QED) is 0.620. The molecule has 1 heterocycles. The number of benzene rings is 1. The van der Waals surface area contributed by atoms with E-state index in [0.717, 1.165) is 11.8 Å². The van der Waals surface area contributed by atoms with E-state index in [1.54, 1.807) is 25.6 Å². The van der Waals surface area contributed by atoms with Crippen molar-refractivity contribution in [2.45, 2.75) is 13.8 Å². The van der Waals surface area contributed by atoms with Gasteiger partial charge in [-0.15, -0.1) is 0 Å². The Morgan fingerprint density at radius 3 is 2.60 bits per heavy atom. The highest BCUT2D eigenvalue weighted by molar-refractivity contribution is 6.31. The summed E-state index contributed by atoms with van der Waals surface area (Å²) in [7, 11) is 1.75. The maximum absolute atomic E-state index is 12.1. The normalized spacial score (nSPS) is 10.4. The molecule has 0 fully saturated rings. The minimum Gasteiger partial charge on any atom is -0.343 e. The number of hydrogen-bond acceptors (Lipinski definition) is 5. The molecule has 0 aliphatic rings. The first-order chi connectivity index (χ1) is 11.7. The van der Waals surface area contributed by atoms with Crippen molar-refractivity contribution in [3.63, 3.8) is 0 Å². The smallest absolute Gasteiger partial charge is 0.283 e. The number of nitrogens with one attached hydrogen (secondary N) is 2. The number of halogens is 1. The average molecular weight is 366 g/mol. The van der Waals surface area contributed by atoms with Gasteiger partial charge in [-0.2, -0.15) is 5.10 Å². The maximum atomic E-state index is 12.1. The zero-order chi connectivity index (χ0) is 18.7. The molecule has 0 atom stereocenters. The molecule has 0 saturated heterocycles. The van der Waals surface area contributed by atoms with Crippen LogP contribution in [-0.4, -0.2) is 33.1 Å². The molecule has 10 heteroatoms. The van der Waals surface area contributed by atoms with Crippen LogP contribution >= 0.6 is 11.6 Å². The Balaban J connectivity index is 2.05. The summed E-state index contributed by atoms with van der Waals surface area (Å²) in [5, 5.41) is 20.3. The molecule has 0 spiro atoms. The van der Waals surface area contributed by atoms with Crippen LogP contribution in [0.15, 0.2) is 18.2 Å². The number of anilines is 1. The lowest BCUT2D eigenvalue weighted by Crippen LogP contribution is -2.33. The Labute approximate surface area is 148 Å². The minimum absolute atomic E-state index is 0.142. The molecular weight excluding hydrogens is 350 g/mol. The summed E-state index contributed by atoms with van der Waals surface area (Å²) in [6.07, 6.45) is 0. The minimum atomic E-state index is -0.738. The molecule has 0 aliphatic heterocycles. The molecule has 1 aromatic carbocycles. The summed E-state index contributed by atoms with van der Waals surface area (Å²) < 4.78 is 1.63. The first-order valence-electron chi connectivity index (χ1n) is 7.23. The van der Waals surface area contributed by atoms with Crippen molar-refractivity contribution in [3.05, 3.63) is 50.3 Å². The summed E-state index contributed by atoms with van der Waals surface area (Å²) in [4.78, 5) is 34.4. The molecule has 1 aromatic heterocycles. The Morgan fingerprint density at radius 2 is 2.04 bits per heavy atom. The van der Waals surface area contributed by atoms with E-state index >= 15 is 0 Å². The first-order valence-corrected chi connectivity index (χ1v) is 7.60. The second-order valence-electron chi connectivity index (χ2n) is 5.32. The molecule has 0 radical (unpaired) electrons. The van der Waals surface area contributed by atoms with Crippen molar-refractivity contribution < 1.29 is 14.5 Å². The summed E-state index contributed by atoms with van der Waals surface area (Å²) in [5.41, 5.74) is 1.39. The van der Waals surface area contributed by atoms with Crippen LogP contribution in [-0.2, 0) is 11.8 Å². The first kappa shape index (κ1) is 18.4. The van der Waals surface area contributed by atoms with Crippen molar-refractivity contribution in [1.82, 2.24) is 15.1 Å². The highest BCUT2D eigenvalue weighted by Crippen LogP contribution is 2.23. The second-order valence-corrected chi connectivity index (χ2v) is 5.76. The molecule has 2 rings (SSSR count). The number of aromatic nitrogens is 2. The maximum Gasteiger partial charge on any atom is 0.283 e. The summed E-state index contributed by atoms with van der Waals surface area (Å²) in [6.45, 7) is 3.20. The Kier molecular flexibility index (Phi) is 5.38. The van der Waals surface area contributed by atoms with Crippen LogP contribution in [0, 0.1) is 24.0 Å². The third kappa shape index (κ3) is 4.13. The van der Waals surface area contributed by atoms with Gasteiger partial charge in [-0.25, -0.2) is 0 Å². The average Bonchev–Trinajstić information content (AvgIpc) is 2.78. The van der Waals surface area contributed by atoms with E-state index in [0.29, 0.717) is 11.4 Å². The summed E-state index contributed by atoms with van der Waals surface area (Å²) in [5.74, 6) is -1.21. The van der Waals surface area contributed by atoms with E-state index in [1.807, 2.05) is 0 Å². The molecule has 0 aliphatic carbocycles. The fraction of sp³-hybridized carbons (Fsp3) is 0.267. The zero-order valence-corrected chi connectivity index (χ0v) is 14.5.